The van der Waals surface area contributed by atoms with Gasteiger partial charge in [-0.05, 0) is 37.1 Å². The highest BCUT2D eigenvalue weighted by atomic mass is 79.9. The second-order valence-electron chi connectivity index (χ2n) is 5.39. The zero-order chi connectivity index (χ0) is 16.3. The second-order valence-corrected chi connectivity index (χ2v) is 6.30. The smallest absolute Gasteiger partial charge is 0.303 e. The molecule has 1 amide bonds. The number of aryl methyl sites for hydroxylation is 1. The van der Waals surface area contributed by atoms with E-state index in [2.05, 4.69) is 26.2 Å². The van der Waals surface area contributed by atoms with Crippen molar-refractivity contribution in [1.82, 2.24) is 10.3 Å². The molecule has 0 fully saturated rings. The first-order valence-corrected chi connectivity index (χ1v) is 7.73. The number of aliphatic carboxylic acids is 1. The Morgan fingerprint density at radius 3 is 2.77 bits per heavy atom. The van der Waals surface area contributed by atoms with Crippen LogP contribution in [0.15, 0.2) is 28.7 Å². The number of amides is 1. The third-order valence-electron chi connectivity index (χ3n) is 3.28. The summed E-state index contributed by atoms with van der Waals surface area (Å²) in [5.41, 5.74) is 2.07. The van der Waals surface area contributed by atoms with Crippen LogP contribution in [0.25, 0.3) is 10.9 Å². The van der Waals surface area contributed by atoms with Crippen LogP contribution in [-0.4, -0.2) is 28.5 Å². The van der Waals surface area contributed by atoms with E-state index in [1.54, 1.807) is 13.0 Å². The minimum atomic E-state index is -0.865. The van der Waals surface area contributed by atoms with Crippen molar-refractivity contribution in [3.8, 4) is 0 Å². The minimum absolute atomic E-state index is 0.0297. The summed E-state index contributed by atoms with van der Waals surface area (Å²) >= 11 is 3.40. The number of carbonyl (C=O) groups is 2. The van der Waals surface area contributed by atoms with Gasteiger partial charge in [0.05, 0.1) is 11.1 Å². The molecule has 0 aliphatic carbocycles. The Kier molecular flexibility index (Phi) is 5.13. The molecule has 1 aromatic heterocycles. The Hall–Kier alpha value is -1.95. The normalized spacial score (nSPS) is 12.1. The fourth-order valence-electron chi connectivity index (χ4n) is 2.25. The van der Waals surface area contributed by atoms with E-state index in [9.17, 15) is 9.59 Å². The van der Waals surface area contributed by atoms with Gasteiger partial charge in [0.15, 0.2) is 0 Å². The summed E-state index contributed by atoms with van der Waals surface area (Å²) in [7, 11) is 0. The lowest BCUT2D eigenvalue weighted by Gasteiger charge is -2.12. The van der Waals surface area contributed by atoms with E-state index in [0.717, 1.165) is 21.1 Å². The van der Waals surface area contributed by atoms with Crippen molar-refractivity contribution in [2.75, 3.05) is 6.54 Å². The molecular formula is C16H17BrN2O3. The Labute approximate surface area is 136 Å². The van der Waals surface area contributed by atoms with E-state index in [0.29, 0.717) is 12.1 Å². The summed E-state index contributed by atoms with van der Waals surface area (Å²) in [6.45, 7) is 3.95. The molecule has 2 rings (SSSR count). The third kappa shape index (κ3) is 4.04. The average Bonchev–Trinajstić information content (AvgIpc) is 2.43. The molecule has 0 saturated heterocycles. The van der Waals surface area contributed by atoms with Crippen molar-refractivity contribution in [1.29, 1.82) is 0 Å². The topological polar surface area (TPSA) is 79.3 Å². The molecule has 5 nitrogen and oxygen atoms in total. The van der Waals surface area contributed by atoms with Gasteiger partial charge < -0.3 is 10.4 Å². The first kappa shape index (κ1) is 16.4. The van der Waals surface area contributed by atoms with Crippen molar-refractivity contribution in [3.63, 3.8) is 0 Å². The number of aromatic nitrogens is 1. The van der Waals surface area contributed by atoms with Crippen LogP contribution in [0.2, 0.25) is 0 Å². The molecule has 1 heterocycles. The number of pyridine rings is 1. The van der Waals surface area contributed by atoms with Crippen LogP contribution in [0.1, 0.15) is 29.4 Å². The number of carbonyl (C=O) groups excluding carboxylic acids is 1. The van der Waals surface area contributed by atoms with E-state index in [1.165, 1.54) is 0 Å². The number of carboxylic acids is 1. The van der Waals surface area contributed by atoms with Crippen molar-refractivity contribution < 1.29 is 14.7 Å². The maximum absolute atomic E-state index is 12.4. The second kappa shape index (κ2) is 6.87. The zero-order valence-electron chi connectivity index (χ0n) is 12.4. The summed E-state index contributed by atoms with van der Waals surface area (Å²) in [6, 6.07) is 7.34. The number of fused-ring (bicyclic) bond motifs is 1. The van der Waals surface area contributed by atoms with Crippen LogP contribution < -0.4 is 5.32 Å². The van der Waals surface area contributed by atoms with Gasteiger partial charge in [0, 0.05) is 28.5 Å². The van der Waals surface area contributed by atoms with Gasteiger partial charge in [-0.25, -0.2) is 0 Å². The number of nitrogens with one attached hydrogen (secondary N) is 1. The highest BCUT2D eigenvalue weighted by Gasteiger charge is 2.14. The van der Waals surface area contributed by atoms with Gasteiger partial charge in [0.1, 0.15) is 0 Å². The van der Waals surface area contributed by atoms with Crippen LogP contribution in [0.3, 0.4) is 0 Å². The minimum Gasteiger partial charge on any atom is -0.481 e. The van der Waals surface area contributed by atoms with Gasteiger partial charge in [-0.1, -0.05) is 22.9 Å². The molecule has 2 aromatic rings. The number of rotatable bonds is 5. The molecule has 22 heavy (non-hydrogen) atoms. The van der Waals surface area contributed by atoms with Gasteiger partial charge in [-0.15, -0.1) is 0 Å². The Morgan fingerprint density at radius 2 is 2.09 bits per heavy atom. The lowest BCUT2D eigenvalue weighted by Crippen LogP contribution is -2.29. The van der Waals surface area contributed by atoms with E-state index in [-0.39, 0.29) is 18.2 Å². The van der Waals surface area contributed by atoms with Crippen LogP contribution >= 0.6 is 15.9 Å². The number of benzene rings is 1. The maximum Gasteiger partial charge on any atom is 0.303 e. The summed E-state index contributed by atoms with van der Waals surface area (Å²) in [5.74, 6) is -1.20. The van der Waals surface area contributed by atoms with Crippen LogP contribution in [0.5, 0.6) is 0 Å². The Bertz CT molecular complexity index is 731. The lowest BCUT2D eigenvalue weighted by atomic mass is 10.1. The van der Waals surface area contributed by atoms with Crippen LogP contribution in [0.4, 0.5) is 0 Å². The van der Waals surface area contributed by atoms with E-state index in [1.807, 2.05) is 25.1 Å². The molecule has 0 spiro atoms. The molecule has 0 bridgehead atoms. The highest BCUT2D eigenvalue weighted by molar-refractivity contribution is 9.10. The van der Waals surface area contributed by atoms with Crippen LogP contribution in [0, 0.1) is 12.8 Å². The molecule has 6 heteroatoms. The fraction of sp³-hybridized carbons (Fsp3) is 0.312. The van der Waals surface area contributed by atoms with Crippen molar-refractivity contribution >= 4 is 38.7 Å². The predicted molar refractivity (Wildman–Crippen MR) is 87.9 cm³/mol. The monoisotopic (exact) mass is 364 g/mol. The highest BCUT2D eigenvalue weighted by Crippen LogP contribution is 2.22. The Balaban J connectivity index is 2.24. The zero-order valence-corrected chi connectivity index (χ0v) is 14.0. The fourth-order valence-corrected chi connectivity index (χ4v) is 2.61. The molecule has 1 aromatic carbocycles. The van der Waals surface area contributed by atoms with E-state index in [4.69, 9.17) is 5.11 Å². The van der Waals surface area contributed by atoms with Crippen molar-refractivity contribution in [2.45, 2.75) is 20.3 Å². The van der Waals surface area contributed by atoms with E-state index < -0.39 is 5.97 Å². The van der Waals surface area contributed by atoms with Crippen molar-refractivity contribution in [3.05, 3.63) is 40.0 Å². The number of halogens is 1. The van der Waals surface area contributed by atoms with Gasteiger partial charge in [-0.2, -0.15) is 0 Å². The summed E-state index contributed by atoms with van der Waals surface area (Å²) in [6.07, 6.45) is 0.0297. The SMILES string of the molecule is Cc1cc(C(=O)NCC(C)CC(=O)O)c2cc(Br)ccc2n1. The standard InChI is InChI=1S/C16H17BrN2O3/c1-9(5-15(20)21)8-18-16(22)13-6-10(2)19-14-4-3-11(17)7-12(13)14/h3-4,6-7,9H,5,8H2,1-2H3,(H,18,22)(H,20,21). The van der Waals surface area contributed by atoms with Gasteiger partial charge in [0.2, 0.25) is 0 Å². The number of hydrogen-bond acceptors (Lipinski definition) is 3. The van der Waals surface area contributed by atoms with Gasteiger partial charge >= 0.3 is 5.97 Å². The van der Waals surface area contributed by atoms with Crippen molar-refractivity contribution in [2.24, 2.45) is 5.92 Å². The van der Waals surface area contributed by atoms with Gasteiger partial charge in [0.25, 0.3) is 5.91 Å². The van der Waals surface area contributed by atoms with Gasteiger partial charge in [-0.3, -0.25) is 14.6 Å². The summed E-state index contributed by atoms with van der Waals surface area (Å²) in [4.78, 5) is 27.5. The molecule has 2 N–H and O–H groups in total. The molecule has 1 unspecified atom stereocenters. The van der Waals surface area contributed by atoms with Crippen LogP contribution in [-0.2, 0) is 4.79 Å². The predicted octanol–water partition coefficient (Wildman–Crippen LogP) is 3.15. The molecule has 0 aliphatic rings. The lowest BCUT2D eigenvalue weighted by molar-refractivity contribution is -0.137. The largest absolute Gasteiger partial charge is 0.481 e. The Morgan fingerprint density at radius 1 is 1.36 bits per heavy atom. The molecule has 1 atom stereocenters. The first-order valence-electron chi connectivity index (χ1n) is 6.93. The third-order valence-corrected chi connectivity index (χ3v) is 3.77. The van der Waals surface area contributed by atoms with E-state index >= 15 is 0 Å². The summed E-state index contributed by atoms with van der Waals surface area (Å²) < 4.78 is 0.874. The molecule has 116 valence electrons. The number of carboxylic acid groups (broad SMARTS) is 1. The maximum atomic E-state index is 12.4. The number of nitrogens with zero attached hydrogens (tertiary/aromatic N) is 1. The average molecular weight is 365 g/mol. The molecule has 0 aliphatic heterocycles. The quantitative estimate of drug-likeness (QED) is 0.853. The molecule has 0 radical (unpaired) electrons. The first-order chi connectivity index (χ1) is 10.4. The summed E-state index contributed by atoms with van der Waals surface area (Å²) in [5, 5.41) is 12.3. The molecular weight excluding hydrogens is 348 g/mol. The number of hydrogen-bond donors (Lipinski definition) is 2. The molecule has 0 saturated carbocycles.